The van der Waals surface area contributed by atoms with Gasteiger partial charge in [0.1, 0.15) is 22.1 Å². The fraction of sp³-hybridized carbons (Fsp3) is 0.0588. The fourth-order valence-electron chi connectivity index (χ4n) is 2.57. The van der Waals surface area contributed by atoms with Crippen LogP contribution in [0.2, 0.25) is 0 Å². The summed E-state index contributed by atoms with van der Waals surface area (Å²) in [6.07, 6.45) is 4.71. The number of rotatable bonds is 4. The van der Waals surface area contributed by atoms with E-state index < -0.39 is 17.5 Å². The Bertz CT molecular complexity index is 1120. The van der Waals surface area contributed by atoms with E-state index in [0.717, 1.165) is 12.1 Å². The lowest BCUT2D eigenvalue weighted by Crippen LogP contribution is -2.15. The lowest BCUT2D eigenvalue weighted by atomic mass is 10.2. The van der Waals surface area contributed by atoms with Crippen molar-refractivity contribution >= 4 is 22.4 Å². The second kappa shape index (κ2) is 6.72. The third-order valence-corrected chi connectivity index (χ3v) is 4.48. The average Bonchev–Trinajstić information content (AvgIpc) is 3.35. The molecule has 0 radical (unpaired) electrons. The molecule has 136 valence electrons. The van der Waals surface area contributed by atoms with Crippen molar-refractivity contribution in [1.29, 1.82) is 0 Å². The van der Waals surface area contributed by atoms with E-state index >= 15 is 0 Å². The molecule has 3 aromatic heterocycles. The van der Waals surface area contributed by atoms with Crippen LogP contribution < -0.4 is 5.32 Å². The summed E-state index contributed by atoms with van der Waals surface area (Å²) in [4.78, 5) is 12.7. The third-order valence-electron chi connectivity index (χ3n) is 3.72. The molecule has 0 aliphatic rings. The summed E-state index contributed by atoms with van der Waals surface area (Å²) < 4.78 is 30.4. The Labute approximate surface area is 155 Å². The molecule has 0 atom stereocenters. The van der Waals surface area contributed by atoms with Gasteiger partial charge in [0.2, 0.25) is 5.13 Å². The highest BCUT2D eigenvalue weighted by Crippen LogP contribution is 2.24. The van der Waals surface area contributed by atoms with Crippen molar-refractivity contribution < 1.29 is 13.6 Å². The molecule has 7 nitrogen and oxygen atoms in total. The van der Waals surface area contributed by atoms with Crippen LogP contribution in [0.25, 0.3) is 11.5 Å². The van der Waals surface area contributed by atoms with Crippen LogP contribution in [0.5, 0.6) is 0 Å². The molecule has 0 saturated heterocycles. The highest BCUT2D eigenvalue weighted by Gasteiger charge is 2.22. The lowest BCUT2D eigenvalue weighted by Gasteiger charge is -2.11. The summed E-state index contributed by atoms with van der Waals surface area (Å²) in [7, 11) is 0. The maximum atomic E-state index is 14.3. The summed E-state index contributed by atoms with van der Waals surface area (Å²) in [6.45, 7) is 1.77. The van der Waals surface area contributed by atoms with Gasteiger partial charge < -0.3 is 4.57 Å². The molecule has 0 spiro atoms. The van der Waals surface area contributed by atoms with Crippen molar-refractivity contribution in [2.75, 3.05) is 5.32 Å². The molecule has 0 aliphatic heterocycles. The second-order valence-corrected chi connectivity index (χ2v) is 6.74. The van der Waals surface area contributed by atoms with Gasteiger partial charge in [0, 0.05) is 18.5 Å². The molecule has 0 saturated carbocycles. The van der Waals surface area contributed by atoms with Crippen LogP contribution >= 0.6 is 11.3 Å². The standard InChI is InChI=1S/C17H12F2N6OS/c1-10-22-23-17(27-10)21-15(26)12-9-20-25(16(12)24-6-2-3-7-24)14-5-4-11(18)8-13(14)19/h2-9H,1H3,(H,21,23,26). The molecule has 1 N–H and O–H groups in total. The summed E-state index contributed by atoms with van der Waals surface area (Å²) in [5.74, 6) is -1.65. The maximum absolute atomic E-state index is 14.3. The zero-order valence-electron chi connectivity index (χ0n) is 13.9. The Morgan fingerprint density at radius 1 is 1.19 bits per heavy atom. The number of nitrogens with zero attached hydrogens (tertiary/aromatic N) is 5. The first kappa shape index (κ1) is 17.0. The van der Waals surface area contributed by atoms with E-state index in [4.69, 9.17) is 0 Å². The zero-order valence-corrected chi connectivity index (χ0v) is 14.7. The van der Waals surface area contributed by atoms with Gasteiger partial charge in [-0.3, -0.25) is 10.1 Å². The average molecular weight is 386 g/mol. The smallest absolute Gasteiger partial charge is 0.262 e. The predicted octanol–water partition coefficient (Wildman–Crippen LogP) is 3.35. The number of aryl methyl sites for hydroxylation is 1. The molecule has 4 rings (SSSR count). The number of hydrogen-bond acceptors (Lipinski definition) is 5. The van der Waals surface area contributed by atoms with Crippen molar-refractivity contribution in [2.45, 2.75) is 6.92 Å². The van der Waals surface area contributed by atoms with Gasteiger partial charge in [0.05, 0.1) is 6.20 Å². The van der Waals surface area contributed by atoms with Gasteiger partial charge in [-0.25, -0.2) is 13.5 Å². The molecule has 1 aromatic carbocycles. The zero-order chi connectivity index (χ0) is 19.0. The number of anilines is 1. The molecular weight excluding hydrogens is 374 g/mol. The maximum Gasteiger partial charge on any atom is 0.262 e. The summed E-state index contributed by atoms with van der Waals surface area (Å²) >= 11 is 1.23. The van der Waals surface area contributed by atoms with Gasteiger partial charge >= 0.3 is 0 Å². The first-order chi connectivity index (χ1) is 13.0. The molecule has 1 amide bonds. The van der Waals surface area contributed by atoms with E-state index in [0.29, 0.717) is 16.0 Å². The highest BCUT2D eigenvalue weighted by molar-refractivity contribution is 7.15. The highest BCUT2D eigenvalue weighted by atomic mass is 32.1. The van der Waals surface area contributed by atoms with Crippen molar-refractivity contribution in [3.63, 3.8) is 0 Å². The number of halogens is 2. The van der Waals surface area contributed by atoms with E-state index in [-0.39, 0.29) is 11.3 Å². The van der Waals surface area contributed by atoms with E-state index in [1.165, 1.54) is 28.3 Å². The van der Waals surface area contributed by atoms with Crippen molar-refractivity contribution in [1.82, 2.24) is 24.5 Å². The lowest BCUT2D eigenvalue weighted by molar-refractivity contribution is 0.102. The van der Waals surface area contributed by atoms with Crippen LogP contribution in [0.4, 0.5) is 13.9 Å². The Balaban J connectivity index is 1.81. The monoisotopic (exact) mass is 386 g/mol. The number of aromatic nitrogens is 5. The van der Waals surface area contributed by atoms with Gasteiger partial charge in [0.25, 0.3) is 5.91 Å². The van der Waals surface area contributed by atoms with Crippen LogP contribution in [0.3, 0.4) is 0 Å². The van der Waals surface area contributed by atoms with Gasteiger partial charge in [-0.2, -0.15) is 5.10 Å². The van der Waals surface area contributed by atoms with E-state index in [1.807, 2.05) is 0 Å². The Kier molecular flexibility index (Phi) is 4.24. The summed E-state index contributed by atoms with van der Waals surface area (Å²) in [5.41, 5.74) is 0.216. The topological polar surface area (TPSA) is 77.6 Å². The Morgan fingerprint density at radius 2 is 1.96 bits per heavy atom. The largest absolute Gasteiger partial charge is 0.308 e. The summed E-state index contributed by atoms with van der Waals surface area (Å²) in [6, 6.07) is 6.67. The van der Waals surface area contributed by atoms with Crippen LogP contribution in [0.1, 0.15) is 15.4 Å². The molecule has 27 heavy (non-hydrogen) atoms. The van der Waals surface area contributed by atoms with Crippen LogP contribution in [0, 0.1) is 18.6 Å². The van der Waals surface area contributed by atoms with Gasteiger partial charge in [-0.05, 0) is 31.2 Å². The minimum absolute atomic E-state index is 0.0194. The van der Waals surface area contributed by atoms with Crippen LogP contribution in [-0.4, -0.2) is 30.5 Å². The minimum atomic E-state index is -0.793. The minimum Gasteiger partial charge on any atom is -0.308 e. The van der Waals surface area contributed by atoms with Gasteiger partial charge in [0.15, 0.2) is 11.6 Å². The number of hydrogen-bond donors (Lipinski definition) is 1. The van der Waals surface area contributed by atoms with Crippen molar-refractivity contribution in [2.24, 2.45) is 0 Å². The molecule has 0 bridgehead atoms. The first-order valence-electron chi connectivity index (χ1n) is 7.81. The SMILES string of the molecule is Cc1nnc(NC(=O)c2cnn(-c3ccc(F)cc3F)c2-n2cccc2)s1. The molecular formula is C17H12F2N6OS. The fourth-order valence-corrected chi connectivity index (χ4v) is 3.15. The Morgan fingerprint density at radius 3 is 2.63 bits per heavy atom. The summed E-state index contributed by atoms with van der Waals surface area (Å²) in [5, 5.41) is 15.6. The van der Waals surface area contributed by atoms with Crippen molar-refractivity contribution in [3.05, 3.63) is 71.1 Å². The van der Waals surface area contributed by atoms with E-state index in [1.54, 1.807) is 36.0 Å². The van der Waals surface area contributed by atoms with E-state index in [9.17, 15) is 13.6 Å². The van der Waals surface area contributed by atoms with Crippen LogP contribution in [0.15, 0.2) is 48.9 Å². The molecule has 10 heteroatoms. The number of carbonyl (C=O) groups is 1. The quantitative estimate of drug-likeness (QED) is 0.583. The van der Waals surface area contributed by atoms with Gasteiger partial charge in [-0.15, -0.1) is 10.2 Å². The molecule has 4 aromatic rings. The van der Waals surface area contributed by atoms with Gasteiger partial charge in [-0.1, -0.05) is 11.3 Å². The number of amides is 1. The molecule has 0 unspecified atom stereocenters. The number of benzene rings is 1. The first-order valence-corrected chi connectivity index (χ1v) is 8.63. The number of nitrogens with one attached hydrogen (secondary N) is 1. The third kappa shape index (κ3) is 3.22. The van der Waals surface area contributed by atoms with Crippen LogP contribution in [-0.2, 0) is 0 Å². The molecule has 0 aliphatic carbocycles. The second-order valence-electron chi connectivity index (χ2n) is 5.56. The number of carbonyl (C=O) groups excluding carboxylic acids is 1. The Hall–Kier alpha value is -3.40. The van der Waals surface area contributed by atoms with Crippen molar-refractivity contribution in [3.8, 4) is 11.5 Å². The normalized spacial score (nSPS) is 10.9. The molecule has 0 fully saturated rings. The predicted molar refractivity (Wildman–Crippen MR) is 95.4 cm³/mol. The molecule has 3 heterocycles. The van der Waals surface area contributed by atoms with E-state index in [2.05, 4.69) is 20.6 Å².